The van der Waals surface area contributed by atoms with Gasteiger partial charge < -0.3 is 20.5 Å². The maximum atomic E-state index is 12.7. The summed E-state index contributed by atoms with van der Waals surface area (Å²) in [6, 6.07) is 4.90. The van der Waals surface area contributed by atoms with Crippen LogP contribution in [0.2, 0.25) is 0 Å². The highest BCUT2D eigenvalue weighted by Gasteiger charge is 2.33. The summed E-state index contributed by atoms with van der Waals surface area (Å²) in [6.45, 7) is 4.33. The van der Waals surface area contributed by atoms with E-state index in [1.54, 1.807) is 18.2 Å². The molecule has 2 rings (SSSR count). The summed E-state index contributed by atoms with van der Waals surface area (Å²) < 4.78 is 10.5. The molecule has 1 aliphatic rings. The average molecular weight is 362 g/mol. The summed E-state index contributed by atoms with van der Waals surface area (Å²) >= 11 is 0. The lowest BCUT2D eigenvalue weighted by Crippen LogP contribution is -2.36. The lowest BCUT2D eigenvalue weighted by atomic mass is 9.71. The summed E-state index contributed by atoms with van der Waals surface area (Å²) in [5.41, 5.74) is 6.71. The molecule has 0 radical (unpaired) electrons. The number of hydrogen-bond donors (Lipinski definition) is 2. The minimum Gasteiger partial charge on any atom is -0.489 e. The molecule has 1 saturated carbocycles. The quantitative estimate of drug-likeness (QED) is 0.725. The zero-order valence-electron chi connectivity index (χ0n) is 16.0. The fourth-order valence-corrected chi connectivity index (χ4v) is 3.52. The molecule has 0 atom stereocenters. The van der Waals surface area contributed by atoms with Gasteiger partial charge in [-0.1, -0.05) is 19.3 Å². The van der Waals surface area contributed by atoms with Gasteiger partial charge in [0.2, 0.25) is 5.91 Å². The smallest absolute Gasteiger partial charge is 0.337 e. The maximum absolute atomic E-state index is 12.7. The Labute approximate surface area is 155 Å². The van der Waals surface area contributed by atoms with Crippen LogP contribution in [0.5, 0.6) is 5.75 Å². The van der Waals surface area contributed by atoms with Gasteiger partial charge in [0, 0.05) is 6.42 Å². The predicted octanol–water partition coefficient (Wildman–Crippen LogP) is 3.50. The Morgan fingerprint density at radius 2 is 1.92 bits per heavy atom. The zero-order valence-corrected chi connectivity index (χ0v) is 16.0. The highest BCUT2D eigenvalue weighted by molar-refractivity contribution is 5.96. The van der Waals surface area contributed by atoms with Crippen LogP contribution in [0.15, 0.2) is 18.2 Å². The zero-order chi connectivity index (χ0) is 19.2. The number of methoxy groups -OCH3 is 1. The number of carbonyl (C=O) groups excluding carboxylic acids is 2. The van der Waals surface area contributed by atoms with E-state index in [4.69, 9.17) is 15.2 Å². The van der Waals surface area contributed by atoms with Crippen molar-refractivity contribution in [3.8, 4) is 5.75 Å². The van der Waals surface area contributed by atoms with Crippen molar-refractivity contribution in [3.63, 3.8) is 0 Å². The average Bonchev–Trinajstić information content (AvgIpc) is 2.62. The molecule has 26 heavy (non-hydrogen) atoms. The number of ether oxygens (including phenoxy) is 2. The first kappa shape index (κ1) is 20.2. The van der Waals surface area contributed by atoms with E-state index in [1.165, 1.54) is 13.5 Å². The highest BCUT2D eigenvalue weighted by atomic mass is 16.5. The Hall–Kier alpha value is -2.08. The third kappa shape index (κ3) is 5.21. The van der Waals surface area contributed by atoms with Crippen LogP contribution in [0.4, 0.5) is 5.69 Å². The van der Waals surface area contributed by atoms with E-state index in [1.807, 2.05) is 13.8 Å². The molecule has 6 nitrogen and oxygen atoms in total. The van der Waals surface area contributed by atoms with E-state index in [0.29, 0.717) is 30.0 Å². The van der Waals surface area contributed by atoms with Crippen molar-refractivity contribution in [2.45, 2.75) is 58.5 Å². The monoisotopic (exact) mass is 362 g/mol. The summed E-state index contributed by atoms with van der Waals surface area (Å²) in [6.07, 6.45) is 5.73. The summed E-state index contributed by atoms with van der Waals surface area (Å²) in [5.74, 6) is -0.0262. The van der Waals surface area contributed by atoms with Gasteiger partial charge >= 0.3 is 5.97 Å². The van der Waals surface area contributed by atoms with Gasteiger partial charge in [-0.2, -0.15) is 0 Å². The first-order valence-corrected chi connectivity index (χ1v) is 9.28. The molecule has 0 aromatic heterocycles. The van der Waals surface area contributed by atoms with Crippen LogP contribution < -0.4 is 15.8 Å². The second-order valence-electron chi connectivity index (χ2n) is 7.36. The van der Waals surface area contributed by atoms with Gasteiger partial charge in [-0.3, -0.25) is 4.79 Å². The molecule has 0 heterocycles. The second kappa shape index (κ2) is 9.03. The molecule has 0 bridgehead atoms. The largest absolute Gasteiger partial charge is 0.489 e. The highest BCUT2D eigenvalue weighted by Crippen LogP contribution is 2.39. The molecule has 1 aliphatic carbocycles. The van der Waals surface area contributed by atoms with Gasteiger partial charge in [0.1, 0.15) is 5.75 Å². The third-order valence-electron chi connectivity index (χ3n) is 4.92. The number of carbonyl (C=O) groups is 2. The van der Waals surface area contributed by atoms with Crippen LogP contribution in [0, 0.1) is 5.41 Å². The molecule has 0 unspecified atom stereocenters. The standard InChI is InChI=1S/C20H30N2O4/c1-14(2)26-17-8-7-15(19(24)25-3)11-16(17)22-18(23)12-20(13-21)9-5-4-6-10-20/h7-8,11,14H,4-6,9-10,12-13,21H2,1-3H3,(H,22,23). The molecule has 1 fully saturated rings. The SMILES string of the molecule is COC(=O)c1ccc(OC(C)C)c(NC(=O)CC2(CN)CCCCC2)c1. The van der Waals surface area contributed by atoms with Gasteiger partial charge in [0.25, 0.3) is 0 Å². The van der Waals surface area contributed by atoms with E-state index < -0.39 is 5.97 Å². The molecule has 1 aromatic rings. The molecular formula is C20H30N2O4. The van der Waals surface area contributed by atoms with E-state index in [9.17, 15) is 9.59 Å². The van der Waals surface area contributed by atoms with E-state index in [0.717, 1.165) is 25.7 Å². The molecule has 0 saturated heterocycles. The minimum atomic E-state index is -0.456. The van der Waals surface area contributed by atoms with Gasteiger partial charge in [0.15, 0.2) is 0 Å². The van der Waals surface area contributed by atoms with Gasteiger partial charge in [-0.25, -0.2) is 4.79 Å². The Balaban J connectivity index is 2.19. The van der Waals surface area contributed by atoms with Crippen LogP contribution in [0.25, 0.3) is 0 Å². The van der Waals surface area contributed by atoms with Gasteiger partial charge in [-0.05, 0) is 56.8 Å². The van der Waals surface area contributed by atoms with Crippen molar-refractivity contribution < 1.29 is 19.1 Å². The number of hydrogen-bond acceptors (Lipinski definition) is 5. The number of benzene rings is 1. The Morgan fingerprint density at radius 3 is 2.50 bits per heavy atom. The summed E-state index contributed by atoms with van der Waals surface area (Å²) in [4.78, 5) is 24.5. The summed E-state index contributed by atoms with van der Waals surface area (Å²) in [5, 5.41) is 2.91. The van der Waals surface area contributed by atoms with Crippen LogP contribution >= 0.6 is 0 Å². The Morgan fingerprint density at radius 1 is 1.23 bits per heavy atom. The number of rotatable bonds is 7. The lowest BCUT2D eigenvalue weighted by molar-refractivity contribution is -0.118. The molecule has 1 aromatic carbocycles. The number of amides is 1. The van der Waals surface area contributed by atoms with E-state index in [-0.39, 0.29) is 17.4 Å². The van der Waals surface area contributed by atoms with Crippen molar-refractivity contribution >= 4 is 17.6 Å². The number of anilines is 1. The molecule has 3 N–H and O–H groups in total. The van der Waals surface area contributed by atoms with Crippen molar-refractivity contribution in [3.05, 3.63) is 23.8 Å². The topological polar surface area (TPSA) is 90.6 Å². The van der Waals surface area contributed by atoms with Crippen LogP contribution in [0.3, 0.4) is 0 Å². The number of nitrogens with one attached hydrogen (secondary N) is 1. The maximum Gasteiger partial charge on any atom is 0.337 e. The molecule has 0 spiro atoms. The molecular weight excluding hydrogens is 332 g/mol. The number of esters is 1. The van der Waals surface area contributed by atoms with Crippen molar-refractivity contribution in [2.24, 2.45) is 11.1 Å². The number of nitrogens with two attached hydrogens (primary N) is 1. The Kier molecular flexibility index (Phi) is 7.03. The van der Waals surface area contributed by atoms with Crippen molar-refractivity contribution in [1.82, 2.24) is 0 Å². The fourth-order valence-electron chi connectivity index (χ4n) is 3.52. The minimum absolute atomic E-state index is 0.0524. The fraction of sp³-hybridized carbons (Fsp3) is 0.600. The van der Waals surface area contributed by atoms with E-state index in [2.05, 4.69) is 5.32 Å². The Bertz CT molecular complexity index is 637. The first-order valence-electron chi connectivity index (χ1n) is 9.28. The molecule has 0 aliphatic heterocycles. The normalized spacial score (nSPS) is 16.2. The molecule has 1 amide bonds. The van der Waals surface area contributed by atoms with Crippen LogP contribution in [-0.4, -0.2) is 31.6 Å². The van der Waals surface area contributed by atoms with Gasteiger partial charge in [-0.15, -0.1) is 0 Å². The summed E-state index contributed by atoms with van der Waals surface area (Å²) in [7, 11) is 1.33. The lowest BCUT2D eigenvalue weighted by Gasteiger charge is -2.35. The van der Waals surface area contributed by atoms with Crippen molar-refractivity contribution in [1.29, 1.82) is 0 Å². The molecule has 144 valence electrons. The predicted molar refractivity (Wildman–Crippen MR) is 101 cm³/mol. The molecule has 6 heteroatoms. The van der Waals surface area contributed by atoms with E-state index >= 15 is 0 Å². The van der Waals surface area contributed by atoms with Crippen molar-refractivity contribution in [2.75, 3.05) is 19.0 Å². The van der Waals surface area contributed by atoms with Gasteiger partial charge in [0.05, 0.1) is 24.5 Å². The third-order valence-corrected chi connectivity index (χ3v) is 4.92. The van der Waals surface area contributed by atoms with Crippen LogP contribution in [0.1, 0.15) is 62.7 Å². The second-order valence-corrected chi connectivity index (χ2v) is 7.36. The first-order chi connectivity index (χ1) is 12.4. The van der Waals surface area contributed by atoms with Crippen LogP contribution in [-0.2, 0) is 9.53 Å².